The Bertz CT molecular complexity index is 1030. The highest BCUT2D eigenvalue weighted by atomic mass is 16.6. The molecule has 0 saturated carbocycles. The first kappa shape index (κ1) is 18.2. The number of hydrogen-bond donors (Lipinski definition) is 3. The summed E-state index contributed by atoms with van der Waals surface area (Å²) in [4.78, 5) is 22.2. The summed E-state index contributed by atoms with van der Waals surface area (Å²) in [5, 5.41) is 27.3. The average Bonchev–Trinajstić information content (AvgIpc) is 2.90. The van der Waals surface area contributed by atoms with E-state index >= 15 is 0 Å². The van der Waals surface area contributed by atoms with Crippen molar-refractivity contribution in [1.29, 1.82) is 0 Å². The third-order valence-electron chi connectivity index (χ3n) is 3.79. The summed E-state index contributed by atoms with van der Waals surface area (Å²) in [5.74, 6) is -0.708. The van der Waals surface area contributed by atoms with E-state index in [9.17, 15) is 20.0 Å². The Morgan fingerprint density at radius 2 is 1.89 bits per heavy atom. The smallest absolute Gasteiger partial charge is 0.337 e. The van der Waals surface area contributed by atoms with Crippen LogP contribution in [0.5, 0.6) is 0 Å². The number of nitro benzene ring substituents is 1. The molecule has 140 valence electrons. The lowest BCUT2D eigenvalue weighted by molar-refractivity contribution is -0.384. The SMILES string of the molecule is CC(C)(C)Nc1oc2ccc([N+](=O)[O-])cc2c1Nc1ccccc1C(=O)O. The lowest BCUT2D eigenvalue weighted by atomic mass is 10.1. The Morgan fingerprint density at radius 3 is 2.52 bits per heavy atom. The van der Waals surface area contributed by atoms with E-state index in [1.165, 1.54) is 24.3 Å². The summed E-state index contributed by atoms with van der Waals surface area (Å²) in [5.41, 5.74) is 0.901. The molecule has 0 aliphatic heterocycles. The fraction of sp³-hybridized carbons (Fsp3) is 0.211. The van der Waals surface area contributed by atoms with Crippen LogP contribution in [0.15, 0.2) is 46.9 Å². The zero-order valence-electron chi connectivity index (χ0n) is 15.1. The highest BCUT2D eigenvalue weighted by Crippen LogP contribution is 2.40. The number of carboxylic acids is 1. The molecule has 0 bridgehead atoms. The summed E-state index contributed by atoms with van der Waals surface area (Å²) in [6.45, 7) is 5.83. The van der Waals surface area contributed by atoms with Gasteiger partial charge in [0.25, 0.3) is 5.69 Å². The molecule has 0 spiro atoms. The molecule has 2 aromatic carbocycles. The van der Waals surface area contributed by atoms with Gasteiger partial charge in [-0.1, -0.05) is 12.1 Å². The molecule has 0 radical (unpaired) electrons. The minimum absolute atomic E-state index is 0.0824. The number of carboxylic acid groups (broad SMARTS) is 1. The highest BCUT2D eigenvalue weighted by molar-refractivity contribution is 6.03. The second-order valence-corrected chi connectivity index (χ2v) is 7.09. The Hall–Kier alpha value is -3.55. The van der Waals surface area contributed by atoms with Gasteiger partial charge < -0.3 is 20.2 Å². The average molecular weight is 369 g/mol. The van der Waals surface area contributed by atoms with Crippen LogP contribution in [0.4, 0.5) is 22.9 Å². The first-order valence-electron chi connectivity index (χ1n) is 8.24. The van der Waals surface area contributed by atoms with Crippen LogP contribution >= 0.6 is 0 Å². The van der Waals surface area contributed by atoms with Crippen molar-refractivity contribution in [3.05, 3.63) is 58.1 Å². The fourth-order valence-electron chi connectivity index (χ4n) is 2.67. The second-order valence-electron chi connectivity index (χ2n) is 7.09. The minimum atomic E-state index is -1.08. The van der Waals surface area contributed by atoms with E-state index in [-0.39, 0.29) is 16.8 Å². The van der Waals surface area contributed by atoms with Crippen molar-refractivity contribution < 1.29 is 19.2 Å². The topological polar surface area (TPSA) is 118 Å². The summed E-state index contributed by atoms with van der Waals surface area (Å²) in [6, 6.07) is 10.7. The van der Waals surface area contributed by atoms with Crippen molar-refractivity contribution in [3.8, 4) is 0 Å². The molecule has 3 N–H and O–H groups in total. The van der Waals surface area contributed by atoms with Gasteiger partial charge in [0.15, 0.2) is 0 Å². The monoisotopic (exact) mass is 369 g/mol. The van der Waals surface area contributed by atoms with Crippen molar-refractivity contribution in [3.63, 3.8) is 0 Å². The molecule has 0 aliphatic carbocycles. The number of para-hydroxylation sites is 1. The molecular weight excluding hydrogens is 350 g/mol. The van der Waals surface area contributed by atoms with Crippen molar-refractivity contribution in [2.24, 2.45) is 0 Å². The van der Waals surface area contributed by atoms with Crippen LogP contribution in [0.25, 0.3) is 11.0 Å². The van der Waals surface area contributed by atoms with Crippen LogP contribution in [-0.2, 0) is 0 Å². The zero-order valence-corrected chi connectivity index (χ0v) is 15.1. The quantitative estimate of drug-likeness (QED) is 0.428. The van der Waals surface area contributed by atoms with Gasteiger partial charge in [-0.2, -0.15) is 0 Å². The Morgan fingerprint density at radius 1 is 1.19 bits per heavy atom. The normalized spacial score (nSPS) is 11.4. The molecule has 0 atom stereocenters. The first-order chi connectivity index (χ1) is 12.7. The van der Waals surface area contributed by atoms with Gasteiger partial charge in [-0.05, 0) is 39.0 Å². The number of nitro groups is 1. The number of furan rings is 1. The number of carbonyl (C=O) groups is 1. The van der Waals surface area contributed by atoms with Crippen LogP contribution in [-0.4, -0.2) is 21.5 Å². The first-order valence-corrected chi connectivity index (χ1v) is 8.24. The van der Waals surface area contributed by atoms with E-state index < -0.39 is 10.9 Å². The van der Waals surface area contributed by atoms with Gasteiger partial charge in [0, 0.05) is 17.7 Å². The molecule has 0 amide bonds. The number of aromatic carboxylic acids is 1. The van der Waals surface area contributed by atoms with Crippen molar-refractivity contribution in [2.75, 3.05) is 10.6 Å². The number of fused-ring (bicyclic) bond motifs is 1. The molecular formula is C19H19N3O5. The van der Waals surface area contributed by atoms with Crippen LogP contribution in [0.3, 0.4) is 0 Å². The maximum atomic E-state index is 11.5. The number of benzene rings is 2. The number of anilines is 3. The predicted molar refractivity (Wildman–Crippen MR) is 103 cm³/mol. The lowest BCUT2D eigenvalue weighted by Gasteiger charge is -2.21. The van der Waals surface area contributed by atoms with Crippen molar-refractivity contribution in [2.45, 2.75) is 26.3 Å². The number of non-ortho nitro benzene ring substituents is 1. The number of nitrogens with one attached hydrogen (secondary N) is 2. The Balaban J connectivity index is 2.19. The summed E-state index contributed by atoms with van der Waals surface area (Å²) in [6.07, 6.45) is 0. The van der Waals surface area contributed by atoms with Gasteiger partial charge in [-0.15, -0.1) is 0 Å². The van der Waals surface area contributed by atoms with Crippen LogP contribution in [0.2, 0.25) is 0 Å². The van der Waals surface area contributed by atoms with Gasteiger partial charge in [0.2, 0.25) is 5.88 Å². The van der Waals surface area contributed by atoms with E-state index in [4.69, 9.17) is 4.42 Å². The Kier molecular flexibility index (Phi) is 4.49. The van der Waals surface area contributed by atoms with Crippen molar-refractivity contribution >= 4 is 39.9 Å². The Labute approximate surface area is 154 Å². The molecule has 8 nitrogen and oxygen atoms in total. The fourth-order valence-corrected chi connectivity index (χ4v) is 2.67. The highest BCUT2D eigenvalue weighted by Gasteiger charge is 2.22. The van der Waals surface area contributed by atoms with Gasteiger partial charge >= 0.3 is 5.97 Å². The van der Waals surface area contributed by atoms with E-state index in [0.717, 1.165) is 0 Å². The summed E-state index contributed by atoms with van der Waals surface area (Å²) < 4.78 is 5.84. The molecule has 8 heteroatoms. The van der Waals surface area contributed by atoms with Gasteiger partial charge in [-0.3, -0.25) is 10.1 Å². The van der Waals surface area contributed by atoms with Crippen LogP contribution in [0.1, 0.15) is 31.1 Å². The molecule has 0 fully saturated rings. The zero-order chi connectivity index (χ0) is 19.8. The van der Waals surface area contributed by atoms with E-state index in [2.05, 4.69) is 10.6 Å². The molecule has 0 unspecified atom stereocenters. The minimum Gasteiger partial charge on any atom is -0.478 e. The molecule has 1 aromatic heterocycles. The maximum Gasteiger partial charge on any atom is 0.337 e. The van der Waals surface area contributed by atoms with Crippen LogP contribution < -0.4 is 10.6 Å². The molecule has 0 saturated heterocycles. The molecule has 27 heavy (non-hydrogen) atoms. The number of rotatable bonds is 5. The van der Waals surface area contributed by atoms with E-state index in [1.54, 1.807) is 18.2 Å². The summed E-state index contributed by atoms with van der Waals surface area (Å²) >= 11 is 0. The molecule has 0 aliphatic rings. The molecule has 3 rings (SSSR count). The van der Waals surface area contributed by atoms with E-state index in [1.807, 2.05) is 20.8 Å². The van der Waals surface area contributed by atoms with E-state index in [0.29, 0.717) is 28.2 Å². The van der Waals surface area contributed by atoms with Gasteiger partial charge in [0.1, 0.15) is 11.3 Å². The van der Waals surface area contributed by atoms with Gasteiger partial charge in [0.05, 0.1) is 21.6 Å². The standard InChI is InChI=1S/C19H19N3O5/c1-19(2,3)21-17-16(20-14-7-5-4-6-12(14)18(23)24)13-10-11(22(25)26)8-9-15(13)27-17/h4-10,20-21H,1-3H3,(H,23,24). The molecule has 1 heterocycles. The maximum absolute atomic E-state index is 11.5. The largest absolute Gasteiger partial charge is 0.478 e. The third kappa shape index (κ3) is 3.84. The lowest BCUT2D eigenvalue weighted by Crippen LogP contribution is -2.26. The number of nitrogens with zero attached hydrogens (tertiary/aromatic N) is 1. The molecule has 3 aromatic rings. The van der Waals surface area contributed by atoms with Gasteiger partial charge in [-0.25, -0.2) is 4.79 Å². The number of hydrogen-bond acceptors (Lipinski definition) is 6. The second kappa shape index (κ2) is 6.64. The predicted octanol–water partition coefficient (Wildman–Crippen LogP) is 4.99. The van der Waals surface area contributed by atoms with Crippen LogP contribution in [0, 0.1) is 10.1 Å². The summed E-state index contributed by atoms with van der Waals surface area (Å²) in [7, 11) is 0. The third-order valence-corrected chi connectivity index (χ3v) is 3.79. The van der Waals surface area contributed by atoms with Crippen molar-refractivity contribution in [1.82, 2.24) is 0 Å².